The Bertz CT molecular complexity index is 584. The number of amidine groups is 1. The molecule has 0 aromatic heterocycles. The fraction of sp³-hybridized carbons (Fsp3) is 0.250. The van der Waals surface area contributed by atoms with Crippen molar-refractivity contribution in [1.29, 1.82) is 5.26 Å². The van der Waals surface area contributed by atoms with E-state index < -0.39 is 5.97 Å². The van der Waals surface area contributed by atoms with Crippen LogP contribution in [0.4, 0.5) is 5.69 Å². The molecule has 2 N–H and O–H groups in total. The minimum atomic E-state index is -1.13. The summed E-state index contributed by atoms with van der Waals surface area (Å²) in [4.78, 5) is 15.3. The number of carboxylic acid groups (broad SMARTS) is 1. The van der Waals surface area contributed by atoms with Gasteiger partial charge in [0, 0.05) is 6.07 Å². The van der Waals surface area contributed by atoms with Gasteiger partial charge in [0.05, 0.1) is 17.3 Å². The van der Waals surface area contributed by atoms with Gasteiger partial charge in [0.15, 0.2) is 11.4 Å². The highest BCUT2D eigenvalue weighted by molar-refractivity contribution is 8.13. The Labute approximate surface area is 125 Å². The third kappa shape index (κ3) is 4.05. The van der Waals surface area contributed by atoms with Gasteiger partial charge in [-0.05, 0) is 19.2 Å². The minimum Gasteiger partial charge on any atom is -0.493 e. The molecule has 1 aromatic rings. The van der Waals surface area contributed by atoms with Crippen molar-refractivity contribution in [2.75, 3.05) is 12.9 Å². The number of hydrogen-bond acceptors (Lipinski definition) is 5. The van der Waals surface area contributed by atoms with E-state index in [4.69, 9.17) is 26.7 Å². The molecule has 0 unspecified atom stereocenters. The first-order valence-corrected chi connectivity index (χ1v) is 7.11. The van der Waals surface area contributed by atoms with Crippen LogP contribution in [-0.2, 0) is 0 Å². The van der Waals surface area contributed by atoms with Gasteiger partial charge in [0.2, 0.25) is 0 Å². The zero-order valence-corrected chi connectivity index (χ0v) is 12.4. The average molecular weight is 314 g/mol. The van der Waals surface area contributed by atoms with Gasteiger partial charge in [-0.25, -0.2) is 9.79 Å². The Balaban J connectivity index is 3.31. The van der Waals surface area contributed by atoms with Crippen LogP contribution in [0.3, 0.4) is 0 Å². The van der Waals surface area contributed by atoms with Crippen LogP contribution in [-0.4, -0.2) is 29.1 Å². The molecule has 20 heavy (non-hydrogen) atoms. The molecule has 0 radical (unpaired) electrons. The molecule has 8 heteroatoms. The predicted octanol–water partition coefficient (Wildman–Crippen LogP) is 2.86. The normalized spacial score (nSPS) is 10.8. The van der Waals surface area contributed by atoms with Crippen molar-refractivity contribution in [3.63, 3.8) is 0 Å². The van der Waals surface area contributed by atoms with Crippen LogP contribution in [0.15, 0.2) is 17.1 Å². The van der Waals surface area contributed by atoms with Gasteiger partial charge in [0.25, 0.3) is 0 Å². The summed E-state index contributed by atoms with van der Waals surface area (Å²) in [6.45, 7) is 2.06. The fourth-order valence-corrected chi connectivity index (χ4v) is 1.90. The third-order valence-electron chi connectivity index (χ3n) is 2.16. The lowest BCUT2D eigenvalue weighted by atomic mass is 10.2. The molecular weight excluding hydrogens is 302 g/mol. The van der Waals surface area contributed by atoms with E-state index in [1.54, 1.807) is 19.4 Å². The Hall–Kier alpha value is -1.91. The molecular formula is C12H12ClN3O3S. The smallest absolute Gasteiger partial charge is 0.339 e. The number of halogens is 1. The van der Waals surface area contributed by atoms with Crippen molar-refractivity contribution < 1.29 is 14.6 Å². The van der Waals surface area contributed by atoms with Gasteiger partial charge in [-0.2, -0.15) is 5.26 Å². The molecule has 0 bridgehead atoms. The summed E-state index contributed by atoms with van der Waals surface area (Å²) in [5.41, 5.74) is 0.293. The van der Waals surface area contributed by atoms with E-state index in [1.807, 2.05) is 0 Å². The number of aromatic carboxylic acids is 1. The molecule has 0 atom stereocenters. The first-order chi connectivity index (χ1) is 9.53. The number of ether oxygens (including phenoxy) is 1. The lowest BCUT2D eigenvalue weighted by Crippen LogP contribution is -2.12. The maximum atomic E-state index is 11.1. The molecule has 6 nitrogen and oxygen atoms in total. The summed E-state index contributed by atoms with van der Waals surface area (Å²) < 4.78 is 5.27. The largest absolute Gasteiger partial charge is 0.493 e. The number of benzene rings is 1. The molecule has 0 saturated heterocycles. The molecule has 0 saturated carbocycles. The summed E-state index contributed by atoms with van der Waals surface area (Å²) in [5.74, 6) is -0.952. The average Bonchev–Trinajstić information content (AvgIpc) is 2.41. The second-order valence-corrected chi connectivity index (χ2v) is 4.60. The van der Waals surface area contributed by atoms with Crippen LogP contribution in [0.2, 0.25) is 5.02 Å². The highest BCUT2D eigenvalue weighted by atomic mass is 35.5. The van der Waals surface area contributed by atoms with E-state index in [9.17, 15) is 4.79 Å². The van der Waals surface area contributed by atoms with Crippen molar-refractivity contribution in [3.05, 3.63) is 22.7 Å². The monoisotopic (exact) mass is 313 g/mol. The number of nitrogens with one attached hydrogen (secondary N) is 1. The van der Waals surface area contributed by atoms with E-state index in [0.717, 1.165) is 0 Å². The van der Waals surface area contributed by atoms with Gasteiger partial charge >= 0.3 is 5.97 Å². The zero-order chi connectivity index (χ0) is 15.1. The summed E-state index contributed by atoms with van der Waals surface area (Å²) in [5, 5.41) is 20.6. The van der Waals surface area contributed by atoms with Crippen molar-refractivity contribution in [1.82, 2.24) is 5.32 Å². The number of hydrogen-bond donors (Lipinski definition) is 2. The molecule has 0 aliphatic carbocycles. The van der Waals surface area contributed by atoms with Crippen LogP contribution in [0.1, 0.15) is 17.3 Å². The van der Waals surface area contributed by atoms with Gasteiger partial charge in [-0.15, -0.1) is 0 Å². The number of aliphatic imine (C=N–C) groups is 1. The number of carbonyl (C=O) groups is 1. The van der Waals surface area contributed by atoms with Crippen molar-refractivity contribution in [3.8, 4) is 11.9 Å². The first-order valence-electron chi connectivity index (χ1n) is 5.50. The second-order valence-electron chi connectivity index (χ2n) is 3.40. The van der Waals surface area contributed by atoms with E-state index in [-0.39, 0.29) is 16.3 Å². The lowest BCUT2D eigenvalue weighted by Gasteiger charge is -2.10. The SMILES string of the molecule is CCOc1cc(N=C(NC#N)SC)c(Cl)cc1C(=O)O. The summed E-state index contributed by atoms with van der Waals surface area (Å²) in [7, 11) is 0. The van der Waals surface area contributed by atoms with Gasteiger partial charge in [0.1, 0.15) is 11.3 Å². The molecule has 1 rings (SSSR count). The number of carboxylic acids is 1. The van der Waals surface area contributed by atoms with E-state index in [1.165, 1.54) is 23.9 Å². The van der Waals surface area contributed by atoms with E-state index >= 15 is 0 Å². The van der Waals surface area contributed by atoms with Crippen LogP contribution < -0.4 is 10.1 Å². The van der Waals surface area contributed by atoms with Crippen molar-refractivity contribution >= 4 is 40.2 Å². The van der Waals surface area contributed by atoms with Gasteiger partial charge in [-0.1, -0.05) is 23.4 Å². The maximum absolute atomic E-state index is 11.1. The van der Waals surface area contributed by atoms with Gasteiger partial charge in [-0.3, -0.25) is 5.32 Å². The Morgan fingerprint density at radius 2 is 2.35 bits per heavy atom. The lowest BCUT2D eigenvalue weighted by molar-refractivity contribution is 0.0692. The Morgan fingerprint density at radius 3 is 2.85 bits per heavy atom. The minimum absolute atomic E-state index is 0.0326. The summed E-state index contributed by atoms with van der Waals surface area (Å²) in [6, 6.07) is 2.71. The predicted molar refractivity (Wildman–Crippen MR) is 78.9 cm³/mol. The third-order valence-corrected chi connectivity index (χ3v) is 3.04. The van der Waals surface area contributed by atoms with Crippen molar-refractivity contribution in [2.24, 2.45) is 4.99 Å². The van der Waals surface area contributed by atoms with E-state index in [2.05, 4.69) is 10.3 Å². The van der Waals surface area contributed by atoms with E-state index in [0.29, 0.717) is 17.5 Å². The molecule has 1 aromatic carbocycles. The second kappa shape index (κ2) is 7.62. The highest BCUT2D eigenvalue weighted by Crippen LogP contribution is 2.33. The molecule has 0 spiro atoms. The molecule has 0 amide bonds. The zero-order valence-electron chi connectivity index (χ0n) is 10.8. The molecule has 0 aliphatic heterocycles. The van der Waals surface area contributed by atoms with Crippen LogP contribution in [0, 0.1) is 11.5 Å². The van der Waals surface area contributed by atoms with Crippen LogP contribution in [0.5, 0.6) is 5.75 Å². The quantitative estimate of drug-likeness (QED) is 0.384. The van der Waals surface area contributed by atoms with Crippen molar-refractivity contribution in [2.45, 2.75) is 6.92 Å². The van der Waals surface area contributed by atoms with Crippen LogP contribution in [0.25, 0.3) is 0 Å². The Morgan fingerprint density at radius 1 is 1.65 bits per heavy atom. The van der Waals surface area contributed by atoms with Gasteiger partial charge < -0.3 is 9.84 Å². The molecule has 0 aliphatic rings. The summed E-state index contributed by atoms with van der Waals surface area (Å²) in [6.07, 6.45) is 3.50. The molecule has 0 fully saturated rings. The number of thioether (sulfide) groups is 1. The number of nitrogens with zero attached hydrogens (tertiary/aromatic N) is 2. The first kappa shape index (κ1) is 16.1. The fourth-order valence-electron chi connectivity index (χ4n) is 1.35. The number of nitriles is 1. The molecule has 106 valence electrons. The molecule has 0 heterocycles. The number of rotatable bonds is 4. The Kier molecular flexibility index (Phi) is 6.15. The highest BCUT2D eigenvalue weighted by Gasteiger charge is 2.15. The summed E-state index contributed by atoms with van der Waals surface area (Å²) >= 11 is 7.23. The standard InChI is InChI=1S/C12H12ClN3O3S/c1-3-19-10-5-9(16-12(20-2)15-6-14)8(13)4-7(10)11(17)18/h4-5H,3H2,1-2H3,(H,15,16)(H,17,18). The maximum Gasteiger partial charge on any atom is 0.339 e. The van der Waals surface area contributed by atoms with Crippen LogP contribution >= 0.6 is 23.4 Å². The topological polar surface area (TPSA) is 94.7 Å².